The van der Waals surface area contributed by atoms with Crippen LogP contribution in [0.2, 0.25) is 5.02 Å². The number of hydrogen-bond acceptors (Lipinski definition) is 6. The van der Waals surface area contributed by atoms with Crippen LogP contribution in [0.3, 0.4) is 0 Å². The molecule has 0 bridgehead atoms. The number of pyridine rings is 1. The second-order valence-corrected chi connectivity index (χ2v) is 6.39. The van der Waals surface area contributed by atoms with E-state index < -0.39 is 0 Å². The fourth-order valence-electron chi connectivity index (χ4n) is 3.06. The number of aromatic nitrogens is 3. The van der Waals surface area contributed by atoms with E-state index in [2.05, 4.69) is 15.0 Å². The molecule has 1 aliphatic rings. The van der Waals surface area contributed by atoms with Crippen molar-refractivity contribution in [1.82, 2.24) is 15.0 Å². The van der Waals surface area contributed by atoms with Gasteiger partial charge in [-0.15, -0.1) is 0 Å². The van der Waals surface area contributed by atoms with E-state index in [9.17, 15) is 0 Å². The molecule has 0 atom stereocenters. The van der Waals surface area contributed by atoms with Gasteiger partial charge in [0, 0.05) is 28.8 Å². The minimum atomic E-state index is 0.224. The van der Waals surface area contributed by atoms with E-state index >= 15 is 0 Å². The van der Waals surface area contributed by atoms with E-state index in [1.807, 2.05) is 12.1 Å². The first kappa shape index (κ1) is 15.9. The topological polar surface area (TPSA) is 83.2 Å². The third-order valence-corrected chi connectivity index (χ3v) is 4.77. The molecule has 1 aliphatic carbocycles. The number of halogens is 1. The van der Waals surface area contributed by atoms with Crippen molar-refractivity contribution in [1.29, 1.82) is 0 Å². The normalized spacial score (nSPS) is 13.9. The van der Waals surface area contributed by atoms with Crippen LogP contribution < -0.4 is 15.2 Å². The lowest BCUT2D eigenvalue weighted by molar-refractivity contribution is 0.391. The first-order valence-corrected chi connectivity index (χ1v) is 8.33. The number of benzene rings is 1. The van der Waals surface area contributed by atoms with Crippen LogP contribution in [0.4, 0.5) is 5.95 Å². The monoisotopic (exact) mass is 356 g/mol. The maximum atomic E-state index is 6.65. The van der Waals surface area contributed by atoms with Crippen LogP contribution in [0.25, 0.3) is 22.2 Å². The van der Waals surface area contributed by atoms with Crippen LogP contribution in [-0.2, 0) is 0 Å². The summed E-state index contributed by atoms with van der Waals surface area (Å²) in [5.74, 6) is 1.98. The number of fused-ring (bicyclic) bond motifs is 1. The van der Waals surface area contributed by atoms with E-state index in [-0.39, 0.29) is 5.95 Å². The fraction of sp³-hybridized carbons (Fsp3) is 0.278. The number of anilines is 1. The van der Waals surface area contributed by atoms with Crippen molar-refractivity contribution in [2.24, 2.45) is 0 Å². The third-order valence-electron chi connectivity index (χ3n) is 4.40. The zero-order valence-electron chi connectivity index (χ0n) is 13.9. The minimum Gasteiger partial charge on any atom is -0.496 e. The molecule has 0 saturated heterocycles. The lowest BCUT2D eigenvalue weighted by Crippen LogP contribution is -2.00. The summed E-state index contributed by atoms with van der Waals surface area (Å²) in [7, 11) is 3.24. The van der Waals surface area contributed by atoms with Gasteiger partial charge in [-0.3, -0.25) is 4.98 Å². The summed E-state index contributed by atoms with van der Waals surface area (Å²) in [6.45, 7) is 0. The highest BCUT2D eigenvalue weighted by Gasteiger charge is 2.33. The minimum absolute atomic E-state index is 0.224. The summed E-state index contributed by atoms with van der Waals surface area (Å²) in [6.07, 6.45) is 5.59. The van der Waals surface area contributed by atoms with Crippen molar-refractivity contribution in [3.05, 3.63) is 35.1 Å². The molecule has 2 aromatic heterocycles. The summed E-state index contributed by atoms with van der Waals surface area (Å²) in [5, 5.41) is 1.38. The number of nitrogens with zero attached hydrogens (tertiary/aromatic N) is 3. The van der Waals surface area contributed by atoms with Gasteiger partial charge in [0.05, 0.1) is 36.6 Å². The molecule has 128 valence electrons. The zero-order valence-corrected chi connectivity index (χ0v) is 14.7. The van der Waals surface area contributed by atoms with Crippen molar-refractivity contribution in [2.45, 2.75) is 18.8 Å². The van der Waals surface area contributed by atoms with Crippen LogP contribution in [-0.4, -0.2) is 29.2 Å². The summed E-state index contributed by atoms with van der Waals surface area (Å²) in [5.41, 5.74) is 9.00. The van der Waals surface area contributed by atoms with Gasteiger partial charge in [-0.1, -0.05) is 11.6 Å². The number of nitrogen functional groups attached to an aromatic ring is 1. The predicted molar refractivity (Wildman–Crippen MR) is 97.3 cm³/mol. The quantitative estimate of drug-likeness (QED) is 0.765. The molecule has 0 spiro atoms. The Bertz CT molecular complexity index is 973. The van der Waals surface area contributed by atoms with Gasteiger partial charge in [0.25, 0.3) is 0 Å². The Hall–Kier alpha value is -2.60. The van der Waals surface area contributed by atoms with Gasteiger partial charge in [0.15, 0.2) is 0 Å². The number of nitrogens with two attached hydrogens (primary N) is 1. The van der Waals surface area contributed by atoms with Gasteiger partial charge in [-0.2, -0.15) is 0 Å². The Kier molecular flexibility index (Phi) is 3.84. The average molecular weight is 357 g/mol. The lowest BCUT2D eigenvalue weighted by atomic mass is 9.97. The van der Waals surface area contributed by atoms with Gasteiger partial charge in [0.1, 0.15) is 11.5 Å². The Morgan fingerprint density at radius 2 is 1.84 bits per heavy atom. The highest BCUT2D eigenvalue weighted by Crippen LogP contribution is 2.53. The molecule has 6 nitrogen and oxygen atoms in total. The summed E-state index contributed by atoms with van der Waals surface area (Å²) in [4.78, 5) is 12.8. The van der Waals surface area contributed by atoms with Crippen molar-refractivity contribution in [2.75, 3.05) is 20.0 Å². The molecule has 1 saturated carbocycles. The Morgan fingerprint density at radius 3 is 2.52 bits per heavy atom. The molecule has 7 heteroatoms. The molecule has 0 unspecified atom stereocenters. The third kappa shape index (κ3) is 2.72. The molecule has 2 N–H and O–H groups in total. The molecule has 4 rings (SSSR count). The van der Waals surface area contributed by atoms with E-state index in [1.54, 1.807) is 26.6 Å². The number of ether oxygens (including phenoxy) is 2. The molecule has 0 radical (unpaired) electrons. The van der Waals surface area contributed by atoms with Crippen molar-refractivity contribution in [3.63, 3.8) is 0 Å². The van der Waals surface area contributed by atoms with E-state index in [1.165, 1.54) is 0 Å². The SMILES string of the molecule is COc1cc(OC)c(C2CC2)c(-c2cc3cnc(N)nc3cn2)c1Cl. The van der Waals surface area contributed by atoms with E-state index in [0.29, 0.717) is 22.2 Å². The van der Waals surface area contributed by atoms with Crippen LogP contribution in [0.5, 0.6) is 11.5 Å². The second kappa shape index (κ2) is 6.04. The summed E-state index contributed by atoms with van der Waals surface area (Å²) in [6, 6.07) is 3.76. The fourth-order valence-corrected chi connectivity index (χ4v) is 3.39. The maximum Gasteiger partial charge on any atom is 0.220 e. The maximum absolute atomic E-state index is 6.65. The summed E-state index contributed by atoms with van der Waals surface area (Å²) < 4.78 is 11.0. The predicted octanol–water partition coefficient (Wildman–Crippen LogP) is 3.82. The lowest BCUT2D eigenvalue weighted by Gasteiger charge is -2.18. The van der Waals surface area contributed by atoms with E-state index in [4.69, 9.17) is 26.8 Å². The number of rotatable bonds is 4. The van der Waals surface area contributed by atoms with Gasteiger partial charge in [0.2, 0.25) is 5.95 Å². The Labute approximate surface area is 150 Å². The summed E-state index contributed by atoms with van der Waals surface area (Å²) >= 11 is 6.65. The van der Waals surface area contributed by atoms with Gasteiger partial charge >= 0.3 is 0 Å². The van der Waals surface area contributed by atoms with Crippen LogP contribution in [0.15, 0.2) is 24.5 Å². The average Bonchev–Trinajstić information content (AvgIpc) is 3.45. The first-order chi connectivity index (χ1) is 12.1. The Balaban J connectivity index is 1.99. The molecule has 0 aliphatic heterocycles. The molecule has 2 heterocycles. The van der Waals surface area contributed by atoms with Gasteiger partial charge in [-0.05, 0) is 24.8 Å². The molecule has 3 aromatic rings. The van der Waals surface area contributed by atoms with E-state index in [0.717, 1.165) is 40.8 Å². The molecule has 1 fully saturated rings. The van der Waals surface area contributed by atoms with Crippen LogP contribution >= 0.6 is 11.6 Å². The standard InChI is InChI=1S/C18H17ClN4O2/c1-24-13-6-14(25-2)17(19)16(15(13)9-3-4-9)11-5-10-7-22-18(20)23-12(10)8-21-11/h5-9H,3-4H2,1-2H3,(H2,20,22,23). The largest absolute Gasteiger partial charge is 0.496 e. The first-order valence-electron chi connectivity index (χ1n) is 7.95. The smallest absolute Gasteiger partial charge is 0.220 e. The Morgan fingerprint density at radius 1 is 1.08 bits per heavy atom. The van der Waals surface area contributed by atoms with Crippen LogP contribution in [0.1, 0.15) is 24.3 Å². The molecule has 25 heavy (non-hydrogen) atoms. The molecule has 0 amide bonds. The van der Waals surface area contributed by atoms with Crippen molar-refractivity contribution < 1.29 is 9.47 Å². The second-order valence-electron chi connectivity index (χ2n) is 6.01. The number of hydrogen-bond donors (Lipinski definition) is 1. The molecule has 1 aromatic carbocycles. The van der Waals surface area contributed by atoms with Gasteiger partial charge in [-0.25, -0.2) is 9.97 Å². The van der Waals surface area contributed by atoms with Crippen molar-refractivity contribution >= 4 is 28.5 Å². The molecular weight excluding hydrogens is 340 g/mol. The van der Waals surface area contributed by atoms with Gasteiger partial charge < -0.3 is 15.2 Å². The zero-order chi connectivity index (χ0) is 17.6. The number of methoxy groups -OCH3 is 2. The van der Waals surface area contributed by atoms with Crippen LogP contribution in [0, 0.1) is 0 Å². The van der Waals surface area contributed by atoms with Crippen molar-refractivity contribution in [3.8, 4) is 22.8 Å². The highest BCUT2D eigenvalue weighted by atomic mass is 35.5. The highest BCUT2D eigenvalue weighted by molar-refractivity contribution is 6.35. The molecular formula is C18H17ClN4O2.